The number of aryl methyl sites for hydroxylation is 3. The molecule has 0 N–H and O–H groups in total. The third-order valence-corrected chi connectivity index (χ3v) is 5.40. The van der Waals surface area contributed by atoms with E-state index in [1.54, 1.807) is 7.11 Å². The van der Waals surface area contributed by atoms with Crippen LogP contribution in [-0.4, -0.2) is 7.11 Å². The number of ether oxygens (including phenoxy) is 1. The van der Waals surface area contributed by atoms with Gasteiger partial charge in [-0.15, -0.1) is 0 Å². The third kappa shape index (κ3) is 3.09. The van der Waals surface area contributed by atoms with Crippen molar-refractivity contribution in [3.63, 3.8) is 0 Å². The molecule has 1 nitrogen and oxygen atoms in total. The van der Waals surface area contributed by atoms with E-state index in [1.165, 1.54) is 27.8 Å². The minimum Gasteiger partial charge on any atom is -0.496 e. The molecule has 1 unspecified atom stereocenters. The first-order valence-electron chi connectivity index (χ1n) is 6.49. The largest absolute Gasteiger partial charge is 0.496 e. The van der Waals surface area contributed by atoms with Gasteiger partial charge >= 0.3 is 0 Å². The molecule has 20 heavy (non-hydrogen) atoms. The molecule has 0 spiro atoms. The second kappa shape index (κ2) is 6.31. The summed E-state index contributed by atoms with van der Waals surface area (Å²) in [4.78, 5) is 0.192. The molecule has 0 heterocycles. The molecule has 2 aromatic carbocycles. The number of methoxy groups -OCH3 is 1. The third-order valence-electron chi connectivity index (χ3n) is 3.45. The fourth-order valence-corrected chi connectivity index (χ4v) is 3.27. The summed E-state index contributed by atoms with van der Waals surface area (Å²) >= 11 is 7.36. The van der Waals surface area contributed by atoms with E-state index in [-0.39, 0.29) is 4.83 Å². The van der Waals surface area contributed by atoms with Gasteiger partial charge < -0.3 is 4.74 Å². The molecule has 0 saturated carbocycles. The van der Waals surface area contributed by atoms with Crippen molar-refractivity contribution in [2.45, 2.75) is 25.6 Å². The van der Waals surface area contributed by atoms with Gasteiger partial charge in [-0.05, 0) is 54.7 Å². The monoisotopic (exact) mass is 396 g/mol. The van der Waals surface area contributed by atoms with Crippen LogP contribution in [0.2, 0.25) is 0 Å². The maximum atomic E-state index is 5.43. The topological polar surface area (TPSA) is 9.23 Å². The van der Waals surface area contributed by atoms with Crippen LogP contribution >= 0.6 is 31.9 Å². The van der Waals surface area contributed by atoms with Crippen LogP contribution in [0.15, 0.2) is 34.8 Å². The lowest BCUT2D eigenvalue weighted by Gasteiger charge is -2.16. The minimum absolute atomic E-state index is 0.192. The summed E-state index contributed by atoms with van der Waals surface area (Å²) in [6.07, 6.45) is 0. The van der Waals surface area contributed by atoms with E-state index in [2.05, 4.69) is 83.0 Å². The molecule has 1 atom stereocenters. The van der Waals surface area contributed by atoms with Crippen molar-refractivity contribution in [2.24, 2.45) is 0 Å². The van der Waals surface area contributed by atoms with E-state index in [0.717, 1.165) is 10.2 Å². The lowest BCUT2D eigenvalue weighted by molar-refractivity contribution is 0.408. The van der Waals surface area contributed by atoms with Crippen molar-refractivity contribution in [3.05, 3.63) is 62.6 Å². The van der Waals surface area contributed by atoms with Gasteiger partial charge in [-0.2, -0.15) is 0 Å². The molecular weight excluding hydrogens is 380 g/mol. The quantitative estimate of drug-likeness (QED) is 0.588. The molecule has 2 aromatic rings. The van der Waals surface area contributed by atoms with Crippen molar-refractivity contribution in [1.29, 1.82) is 0 Å². The van der Waals surface area contributed by atoms with E-state index in [9.17, 15) is 0 Å². The van der Waals surface area contributed by atoms with E-state index in [4.69, 9.17) is 4.74 Å². The molecular formula is C17H18Br2O. The molecule has 0 saturated heterocycles. The van der Waals surface area contributed by atoms with Crippen LogP contribution < -0.4 is 4.74 Å². The maximum Gasteiger partial charge on any atom is 0.124 e. The molecule has 0 radical (unpaired) electrons. The van der Waals surface area contributed by atoms with Gasteiger partial charge in [0.1, 0.15) is 5.75 Å². The zero-order valence-electron chi connectivity index (χ0n) is 12.1. The molecule has 0 fully saturated rings. The average molecular weight is 398 g/mol. The van der Waals surface area contributed by atoms with Gasteiger partial charge in [0.15, 0.2) is 0 Å². The summed E-state index contributed by atoms with van der Waals surface area (Å²) in [5.41, 5.74) is 6.09. The second-order valence-corrected chi connectivity index (χ2v) is 6.83. The van der Waals surface area contributed by atoms with Crippen LogP contribution in [0.4, 0.5) is 0 Å². The van der Waals surface area contributed by atoms with Gasteiger partial charge in [0.05, 0.1) is 11.9 Å². The Morgan fingerprint density at radius 3 is 1.95 bits per heavy atom. The van der Waals surface area contributed by atoms with Crippen molar-refractivity contribution in [2.75, 3.05) is 7.11 Å². The first kappa shape index (κ1) is 15.6. The van der Waals surface area contributed by atoms with Crippen molar-refractivity contribution >= 4 is 31.9 Å². The predicted octanol–water partition coefficient (Wildman–Crippen LogP) is 5.87. The van der Waals surface area contributed by atoms with Gasteiger partial charge in [0.2, 0.25) is 0 Å². The van der Waals surface area contributed by atoms with E-state index < -0.39 is 0 Å². The fourth-order valence-electron chi connectivity index (χ4n) is 2.47. The number of benzene rings is 2. The van der Waals surface area contributed by atoms with Gasteiger partial charge in [-0.1, -0.05) is 56.1 Å². The number of alkyl halides is 1. The zero-order valence-corrected chi connectivity index (χ0v) is 15.3. The molecule has 3 heteroatoms. The lowest BCUT2D eigenvalue weighted by Crippen LogP contribution is -1.98. The van der Waals surface area contributed by atoms with Crippen molar-refractivity contribution in [3.8, 4) is 5.75 Å². The summed E-state index contributed by atoms with van der Waals surface area (Å²) in [6.45, 7) is 6.28. The maximum absolute atomic E-state index is 5.43. The molecule has 106 valence electrons. The summed E-state index contributed by atoms with van der Waals surface area (Å²) in [6, 6.07) is 10.8. The van der Waals surface area contributed by atoms with Crippen LogP contribution in [0, 0.1) is 20.8 Å². The number of hydrogen-bond donors (Lipinski definition) is 0. The Balaban J connectivity index is 2.42. The minimum atomic E-state index is 0.192. The summed E-state index contributed by atoms with van der Waals surface area (Å²) in [5.74, 6) is 0.973. The van der Waals surface area contributed by atoms with E-state index >= 15 is 0 Å². The Hall–Kier alpha value is -0.800. The average Bonchev–Trinajstić information content (AvgIpc) is 2.40. The Morgan fingerprint density at radius 2 is 1.45 bits per heavy atom. The van der Waals surface area contributed by atoms with Crippen LogP contribution in [-0.2, 0) is 0 Å². The number of rotatable bonds is 3. The highest BCUT2D eigenvalue weighted by Gasteiger charge is 2.14. The molecule has 0 amide bonds. The van der Waals surface area contributed by atoms with Crippen molar-refractivity contribution < 1.29 is 4.74 Å². The van der Waals surface area contributed by atoms with Crippen LogP contribution in [0.3, 0.4) is 0 Å². The highest BCUT2D eigenvalue weighted by atomic mass is 79.9. The van der Waals surface area contributed by atoms with Crippen LogP contribution in [0.1, 0.15) is 32.6 Å². The molecule has 0 aromatic heterocycles. The summed E-state index contributed by atoms with van der Waals surface area (Å²) in [7, 11) is 1.72. The molecule has 0 aliphatic heterocycles. The van der Waals surface area contributed by atoms with Gasteiger partial charge in [0.25, 0.3) is 0 Å². The smallest absolute Gasteiger partial charge is 0.124 e. The first-order chi connectivity index (χ1) is 9.43. The SMILES string of the molecule is COc1c(C)cc(C(Br)c2ccc(Br)c(C)c2)cc1C. The first-order valence-corrected chi connectivity index (χ1v) is 8.20. The fraction of sp³-hybridized carbons (Fsp3) is 0.294. The Labute approximate surface area is 137 Å². The van der Waals surface area contributed by atoms with Crippen LogP contribution in [0.25, 0.3) is 0 Å². The molecule has 0 aliphatic carbocycles. The Bertz CT molecular complexity index is 612. The highest BCUT2D eigenvalue weighted by Crippen LogP contribution is 2.36. The van der Waals surface area contributed by atoms with Crippen LogP contribution in [0.5, 0.6) is 5.75 Å². The number of halogens is 2. The lowest BCUT2D eigenvalue weighted by atomic mass is 9.99. The van der Waals surface area contributed by atoms with E-state index in [1.807, 2.05) is 0 Å². The Kier molecular flexibility index (Phi) is 4.92. The van der Waals surface area contributed by atoms with Crippen molar-refractivity contribution in [1.82, 2.24) is 0 Å². The predicted molar refractivity (Wildman–Crippen MR) is 92.1 cm³/mol. The van der Waals surface area contributed by atoms with E-state index in [0.29, 0.717) is 0 Å². The summed E-state index contributed by atoms with van der Waals surface area (Å²) < 4.78 is 6.57. The molecule has 2 rings (SSSR count). The zero-order chi connectivity index (χ0) is 14.9. The van der Waals surface area contributed by atoms with Gasteiger partial charge in [-0.3, -0.25) is 0 Å². The van der Waals surface area contributed by atoms with Gasteiger partial charge in [0, 0.05) is 4.47 Å². The summed E-state index contributed by atoms with van der Waals surface area (Å²) in [5, 5.41) is 0. The number of hydrogen-bond acceptors (Lipinski definition) is 1. The normalized spacial score (nSPS) is 12.3. The molecule has 0 bridgehead atoms. The molecule has 0 aliphatic rings. The Morgan fingerprint density at radius 1 is 0.900 bits per heavy atom. The van der Waals surface area contributed by atoms with Gasteiger partial charge in [-0.25, -0.2) is 0 Å². The second-order valence-electron chi connectivity index (χ2n) is 5.06. The highest BCUT2D eigenvalue weighted by molar-refractivity contribution is 9.10. The standard InChI is InChI=1S/C17H18Br2O/c1-10-7-13(5-6-15(10)18)16(19)14-8-11(2)17(20-4)12(3)9-14/h5-9,16H,1-4H3.